The van der Waals surface area contributed by atoms with Gasteiger partial charge < -0.3 is 5.32 Å². The zero-order valence-corrected chi connectivity index (χ0v) is 10.6. The maximum absolute atomic E-state index is 10.7. The van der Waals surface area contributed by atoms with Crippen molar-refractivity contribution < 1.29 is 8.42 Å². The van der Waals surface area contributed by atoms with E-state index in [0.29, 0.717) is 6.54 Å². The van der Waals surface area contributed by atoms with Crippen LogP contribution in [-0.2, 0) is 10.0 Å². The van der Waals surface area contributed by atoms with E-state index in [1.807, 2.05) is 0 Å². The van der Waals surface area contributed by atoms with Gasteiger partial charge in [0.25, 0.3) is 0 Å². The molecule has 0 saturated carbocycles. The zero-order valence-electron chi connectivity index (χ0n) is 8.24. The van der Waals surface area contributed by atoms with Gasteiger partial charge in [0.2, 0.25) is 15.3 Å². The molecule has 0 atom stereocenters. The van der Waals surface area contributed by atoms with Crippen molar-refractivity contribution in [3.63, 3.8) is 0 Å². The Kier molecular flexibility index (Phi) is 4.66. The van der Waals surface area contributed by atoms with Crippen molar-refractivity contribution in [2.24, 2.45) is 0 Å². The number of nitrogens with zero attached hydrogens (tertiary/aromatic N) is 3. The molecule has 0 aliphatic carbocycles. The van der Waals surface area contributed by atoms with Crippen molar-refractivity contribution in [3.05, 3.63) is 10.4 Å². The van der Waals surface area contributed by atoms with E-state index in [1.54, 1.807) is 0 Å². The molecule has 0 aromatic carbocycles. The van der Waals surface area contributed by atoms with E-state index in [2.05, 4.69) is 25.2 Å². The van der Waals surface area contributed by atoms with Crippen molar-refractivity contribution in [1.82, 2.24) is 19.9 Å². The van der Waals surface area contributed by atoms with Crippen LogP contribution in [0.15, 0.2) is 0 Å². The van der Waals surface area contributed by atoms with Gasteiger partial charge in [0.05, 0.1) is 6.26 Å². The smallest absolute Gasteiger partial charge is 0.245 e. The topological polar surface area (TPSA) is 96.9 Å². The van der Waals surface area contributed by atoms with Crippen LogP contribution in [0.1, 0.15) is 0 Å². The molecule has 0 unspecified atom stereocenters. The fourth-order valence-corrected chi connectivity index (χ4v) is 1.57. The first kappa shape index (κ1) is 13.4. The maximum atomic E-state index is 10.7. The summed E-state index contributed by atoms with van der Waals surface area (Å²) in [7, 11) is -3.19. The van der Waals surface area contributed by atoms with Gasteiger partial charge in [0.15, 0.2) is 11.0 Å². The predicted molar refractivity (Wildman–Crippen MR) is 61.2 cm³/mol. The molecule has 0 amide bonds. The van der Waals surface area contributed by atoms with Gasteiger partial charge in [-0.1, -0.05) is 11.6 Å². The second-order valence-corrected chi connectivity index (χ2v) is 5.34. The van der Waals surface area contributed by atoms with E-state index in [0.717, 1.165) is 6.26 Å². The van der Waals surface area contributed by atoms with Gasteiger partial charge in [-0.25, -0.2) is 13.1 Å². The largest absolute Gasteiger partial charge is 0.366 e. The van der Waals surface area contributed by atoms with E-state index in [9.17, 15) is 8.42 Å². The van der Waals surface area contributed by atoms with Crippen LogP contribution >= 0.6 is 23.2 Å². The molecule has 1 heterocycles. The highest BCUT2D eigenvalue weighted by Gasteiger charge is 2.05. The average Bonchev–Trinajstić information content (AvgIpc) is 2.16. The minimum absolute atomic E-state index is 0.0389. The lowest BCUT2D eigenvalue weighted by atomic mass is 10.6. The summed E-state index contributed by atoms with van der Waals surface area (Å²) in [6.45, 7) is 0.512. The molecule has 16 heavy (non-hydrogen) atoms. The first-order chi connectivity index (χ1) is 7.38. The molecule has 0 aliphatic rings. The number of anilines is 1. The van der Waals surface area contributed by atoms with Crippen molar-refractivity contribution in [1.29, 1.82) is 0 Å². The lowest BCUT2D eigenvalue weighted by molar-refractivity contribution is 0.589. The highest BCUT2D eigenvalue weighted by molar-refractivity contribution is 7.88. The summed E-state index contributed by atoms with van der Waals surface area (Å²) in [5, 5.41) is 9.76. The molecule has 7 nitrogen and oxygen atoms in total. The minimum atomic E-state index is -3.19. The summed E-state index contributed by atoms with van der Waals surface area (Å²) in [4.78, 5) is 3.78. The van der Waals surface area contributed by atoms with Gasteiger partial charge in [0, 0.05) is 13.1 Å². The van der Waals surface area contributed by atoms with Crippen LogP contribution in [0.2, 0.25) is 10.4 Å². The predicted octanol–water partition coefficient (Wildman–Crippen LogP) is 0.140. The summed E-state index contributed by atoms with van der Waals surface area (Å²) in [5.74, 6) is 0.261. The van der Waals surface area contributed by atoms with Crippen molar-refractivity contribution in [3.8, 4) is 0 Å². The minimum Gasteiger partial charge on any atom is -0.366 e. The lowest BCUT2D eigenvalue weighted by Gasteiger charge is -2.06. The summed E-state index contributed by atoms with van der Waals surface area (Å²) >= 11 is 11.2. The Morgan fingerprint density at radius 2 is 1.94 bits per heavy atom. The Hall–Kier alpha value is -0.700. The number of halogens is 2. The number of sulfonamides is 1. The molecule has 0 bridgehead atoms. The highest BCUT2D eigenvalue weighted by atomic mass is 35.5. The van der Waals surface area contributed by atoms with Crippen LogP contribution in [0, 0.1) is 0 Å². The molecular formula is C6H9Cl2N5O2S. The molecule has 1 rings (SSSR count). The Bertz CT molecular complexity index is 466. The quantitative estimate of drug-likeness (QED) is 0.747. The lowest BCUT2D eigenvalue weighted by Crippen LogP contribution is -2.27. The number of hydrogen-bond acceptors (Lipinski definition) is 6. The molecule has 1 aromatic heterocycles. The SMILES string of the molecule is CS(=O)(=O)NCCNc1nc(Cl)nnc1Cl. The number of aromatic nitrogens is 3. The molecule has 0 saturated heterocycles. The second-order valence-electron chi connectivity index (χ2n) is 2.81. The fourth-order valence-electron chi connectivity index (χ4n) is 0.823. The molecular weight excluding hydrogens is 277 g/mol. The molecule has 0 fully saturated rings. The van der Waals surface area contributed by atoms with Crippen LogP contribution in [-0.4, -0.2) is 42.9 Å². The average molecular weight is 286 g/mol. The summed E-state index contributed by atoms with van der Waals surface area (Å²) < 4.78 is 23.8. The van der Waals surface area contributed by atoms with Crippen LogP contribution in [0.25, 0.3) is 0 Å². The first-order valence-electron chi connectivity index (χ1n) is 4.13. The van der Waals surface area contributed by atoms with Gasteiger partial charge in [-0.15, -0.1) is 10.2 Å². The van der Waals surface area contributed by atoms with Gasteiger partial charge in [-0.3, -0.25) is 0 Å². The van der Waals surface area contributed by atoms with Gasteiger partial charge >= 0.3 is 0 Å². The molecule has 0 radical (unpaired) electrons. The van der Waals surface area contributed by atoms with Crippen LogP contribution < -0.4 is 10.0 Å². The molecule has 0 aliphatic heterocycles. The van der Waals surface area contributed by atoms with E-state index < -0.39 is 10.0 Å². The fraction of sp³-hybridized carbons (Fsp3) is 0.500. The third-order valence-electron chi connectivity index (χ3n) is 1.40. The second kappa shape index (κ2) is 5.58. The maximum Gasteiger partial charge on any atom is 0.245 e. The summed E-state index contributed by atoms with van der Waals surface area (Å²) in [6, 6.07) is 0. The van der Waals surface area contributed by atoms with E-state index in [4.69, 9.17) is 23.2 Å². The third-order valence-corrected chi connectivity index (χ3v) is 2.54. The number of rotatable bonds is 5. The number of nitrogens with one attached hydrogen (secondary N) is 2. The standard InChI is InChI=1S/C6H9Cl2N5O2S/c1-16(14,15)10-3-2-9-5-4(7)12-13-6(8)11-5/h10H,2-3H2,1H3,(H,9,11,13). The Labute approximate surface area is 103 Å². The highest BCUT2D eigenvalue weighted by Crippen LogP contribution is 2.15. The Morgan fingerprint density at radius 3 is 2.56 bits per heavy atom. The summed E-state index contributed by atoms with van der Waals surface area (Å²) in [5.41, 5.74) is 0. The van der Waals surface area contributed by atoms with Crippen molar-refractivity contribution in [2.75, 3.05) is 24.7 Å². The van der Waals surface area contributed by atoms with Crippen molar-refractivity contribution >= 4 is 39.0 Å². The number of hydrogen-bond donors (Lipinski definition) is 2. The monoisotopic (exact) mass is 285 g/mol. The van der Waals surface area contributed by atoms with Crippen LogP contribution in [0.5, 0.6) is 0 Å². The molecule has 2 N–H and O–H groups in total. The first-order valence-corrected chi connectivity index (χ1v) is 6.77. The van der Waals surface area contributed by atoms with E-state index in [1.165, 1.54) is 0 Å². The van der Waals surface area contributed by atoms with Crippen LogP contribution in [0.3, 0.4) is 0 Å². The molecule has 0 spiro atoms. The molecule has 1 aromatic rings. The van der Waals surface area contributed by atoms with Gasteiger partial charge in [-0.05, 0) is 11.6 Å². The van der Waals surface area contributed by atoms with Gasteiger partial charge in [-0.2, -0.15) is 4.98 Å². The molecule has 10 heteroatoms. The Morgan fingerprint density at radius 1 is 1.25 bits per heavy atom. The van der Waals surface area contributed by atoms with Crippen LogP contribution in [0.4, 0.5) is 5.82 Å². The molecule has 90 valence electrons. The normalized spacial score (nSPS) is 11.4. The van der Waals surface area contributed by atoms with Gasteiger partial charge in [0.1, 0.15) is 0 Å². The van der Waals surface area contributed by atoms with E-state index >= 15 is 0 Å². The van der Waals surface area contributed by atoms with E-state index in [-0.39, 0.29) is 22.8 Å². The zero-order chi connectivity index (χ0) is 12.2. The van der Waals surface area contributed by atoms with Crippen molar-refractivity contribution in [2.45, 2.75) is 0 Å². The Balaban J connectivity index is 2.46. The third kappa shape index (κ3) is 4.88. The summed E-state index contributed by atoms with van der Waals surface area (Å²) in [6.07, 6.45) is 1.07.